The highest BCUT2D eigenvalue weighted by molar-refractivity contribution is 5.25. The summed E-state index contributed by atoms with van der Waals surface area (Å²) in [6.45, 7) is 9.56. The zero-order chi connectivity index (χ0) is 12.1. The van der Waals surface area contributed by atoms with E-state index in [9.17, 15) is 0 Å². The van der Waals surface area contributed by atoms with Gasteiger partial charge >= 0.3 is 0 Å². The summed E-state index contributed by atoms with van der Waals surface area (Å²) < 4.78 is 2.14. The Morgan fingerprint density at radius 2 is 2.00 bits per heavy atom. The smallest absolute Gasteiger partial charge is 0.0629 e. The van der Waals surface area contributed by atoms with Gasteiger partial charge in [-0.1, -0.05) is 19.8 Å². The lowest BCUT2D eigenvalue weighted by atomic mass is 10.1. The van der Waals surface area contributed by atoms with Crippen molar-refractivity contribution in [3.05, 3.63) is 17.0 Å². The van der Waals surface area contributed by atoms with E-state index < -0.39 is 0 Å². The molecule has 92 valence electrons. The Kier molecular flexibility index (Phi) is 5.00. The third kappa shape index (κ3) is 3.34. The minimum atomic E-state index is 0.214. The SMILES string of the molecule is CCCCCn1nc(C)c(CC(C)N)c1C. The third-order valence-electron chi connectivity index (χ3n) is 3.03. The molecule has 1 atom stereocenters. The minimum Gasteiger partial charge on any atom is -0.328 e. The fourth-order valence-electron chi connectivity index (χ4n) is 2.08. The largest absolute Gasteiger partial charge is 0.328 e. The van der Waals surface area contributed by atoms with Crippen molar-refractivity contribution in [1.29, 1.82) is 0 Å². The van der Waals surface area contributed by atoms with Crippen LogP contribution in [0.2, 0.25) is 0 Å². The molecule has 3 nitrogen and oxygen atoms in total. The molecule has 1 aromatic heterocycles. The number of aryl methyl sites for hydroxylation is 2. The van der Waals surface area contributed by atoms with Gasteiger partial charge in [-0.25, -0.2) is 0 Å². The maximum Gasteiger partial charge on any atom is 0.0629 e. The maximum absolute atomic E-state index is 5.86. The molecule has 1 rings (SSSR count). The fourth-order valence-corrected chi connectivity index (χ4v) is 2.08. The minimum absolute atomic E-state index is 0.214. The van der Waals surface area contributed by atoms with Crippen molar-refractivity contribution in [2.75, 3.05) is 0 Å². The van der Waals surface area contributed by atoms with Crippen LogP contribution in [0.5, 0.6) is 0 Å². The average Bonchev–Trinajstić information content (AvgIpc) is 2.46. The van der Waals surface area contributed by atoms with Crippen LogP contribution in [0.15, 0.2) is 0 Å². The van der Waals surface area contributed by atoms with Gasteiger partial charge in [-0.05, 0) is 39.2 Å². The summed E-state index contributed by atoms with van der Waals surface area (Å²) in [4.78, 5) is 0. The van der Waals surface area contributed by atoms with Gasteiger partial charge in [0.05, 0.1) is 5.69 Å². The van der Waals surface area contributed by atoms with Gasteiger partial charge in [-0.15, -0.1) is 0 Å². The number of hydrogen-bond acceptors (Lipinski definition) is 2. The third-order valence-corrected chi connectivity index (χ3v) is 3.03. The molecule has 0 saturated carbocycles. The van der Waals surface area contributed by atoms with Crippen molar-refractivity contribution in [2.24, 2.45) is 5.73 Å². The van der Waals surface area contributed by atoms with Crippen molar-refractivity contribution < 1.29 is 0 Å². The summed E-state index contributed by atoms with van der Waals surface area (Å²) in [5.41, 5.74) is 9.64. The molecule has 0 bridgehead atoms. The Hall–Kier alpha value is -0.830. The summed E-state index contributed by atoms with van der Waals surface area (Å²) in [6.07, 6.45) is 4.69. The van der Waals surface area contributed by atoms with Crippen LogP contribution in [0.3, 0.4) is 0 Å². The van der Waals surface area contributed by atoms with Gasteiger partial charge in [-0.2, -0.15) is 5.10 Å². The van der Waals surface area contributed by atoms with Crippen LogP contribution in [0.1, 0.15) is 50.1 Å². The first-order valence-electron chi connectivity index (χ1n) is 6.34. The zero-order valence-corrected chi connectivity index (χ0v) is 11.1. The molecule has 0 aliphatic heterocycles. The van der Waals surface area contributed by atoms with Gasteiger partial charge in [0.15, 0.2) is 0 Å². The first kappa shape index (κ1) is 13.2. The Bertz CT molecular complexity index is 326. The summed E-state index contributed by atoms with van der Waals surface area (Å²) in [5, 5.41) is 4.60. The van der Waals surface area contributed by atoms with Crippen molar-refractivity contribution >= 4 is 0 Å². The van der Waals surface area contributed by atoms with Crippen LogP contribution in [0.25, 0.3) is 0 Å². The van der Waals surface area contributed by atoms with Gasteiger partial charge < -0.3 is 5.73 Å². The lowest BCUT2D eigenvalue weighted by Gasteiger charge is -2.07. The van der Waals surface area contributed by atoms with Crippen LogP contribution in [0.4, 0.5) is 0 Å². The van der Waals surface area contributed by atoms with Crippen LogP contribution in [-0.2, 0) is 13.0 Å². The van der Waals surface area contributed by atoms with E-state index in [1.165, 1.54) is 30.5 Å². The molecule has 16 heavy (non-hydrogen) atoms. The highest BCUT2D eigenvalue weighted by atomic mass is 15.3. The zero-order valence-electron chi connectivity index (χ0n) is 11.1. The molecule has 0 aromatic carbocycles. The molecule has 0 aliphatic rings. The number of nitrogens with two attached hydrogens (primary N) is 1. The van der Waals surface area contributed by atoms with Crippen molar-refractivity contribution in [1.82, 2.24) is 9.78 Å². The molecule has 3 heteroatoms. The molecular weight excluding hydrogens is 198 g/mol. The Morgan fingerprint density at radius 1 is 1.31 bits per heavy atom. The molecule has 2 N–H and O–H groups in total. The van der Waals surface area contributed by atoms with Gasteiger partial charge in [-0.3, -0.25) is 4.68 Å². The van der Waals surface area contributed by atoms with Gasteiger partial charge in [0.25, 0.3) is 0 Å². The number of hydrogen-bond donors (Lipinski definition) is 1. The lowest BCUT2D eigenvalue weighted by Crippen LogP contribution is -2.18. The molecule has 0 fully saturated rings. The topological polar surface area (TPSA) is 43.8 Å². The first-order chi connectivity index (χ1) is 7.56. The highest BCUT2D eigenvalue weighted by Crippen LogP contribution is 2.15. The van der Waals surface area contributed by atoms with E-state index in [2.05, 4.69) is 30.6 Å². The van der Waals surface area contributed by atoms with Crippen molar-refractivity contribution in [2.45, 2.75) is 66.0 Å². The number of rotatable bonds is 6. The Labute approximate surface area is 99.0 Å². The molecule has 1 unspecified atom stereocenters. The molecular formula is C13H25N3. The normalized spacial score (nSPS) is 13.1. The quantitative estimate of drug-likeness (QED) is 0.753. The molecule has 1 heterocycles. The van der Waals surface area contributed by atoms with E-state index in [1.807, 2.05) is 6.92 Å². The molecule has 0 radical (unpaired) electrons. The van der Waals surface area contributed by atoms with E-state index in [0.29, 0.717) is 0 Å². The lowest BCUT2D eigenvalue weighted by molar-refractivity contribution is 0.539. The standard InChI is InChI=1S/C13H25N3/c1-5-6-7-8-16-12(4)13(9-10(2)14)11(3)15-16/h10H,5-9,14H2,1-4H3. The Morgan fingerprint density at radius 3 is 2.56 bits per heavy atom. The highest BCUT2D eigenvalue weighted by Gasteiger charge is 2.12. The second-order valence-electron chi connectivity index (χ2n) is 4.76. The number of nitrogens with zero attached hydrogens (tertiary/aromatic N) is 2. The van der Waals surface area contributed by atoms with Gasteiger partial charge in [0.1, 0.15) is 0 Å². The van der Waals surface area contributed by atoms with Gasteiger partial charge in [0, 0.05) is 18.3 Å². The molecule has 0 amide bonds. The molecule has 0 aliphatic carbocycles. The van der Waals surface area contributed by atoms with Crippen LogP contribution in [0, 0.1) is 13.8 Å². The number of unbranched alkanes of at least 4 members (excludes halogenated alkanes) is 2. The number of aromatic nitrogens is 2. The molecule has 0 spiro atoms. The van der Waals surface area contributed by atoms with Crippen LogP contribution >= 0.6 is 0 Å². The van der Waals surface area contributed by atoms with Crippen molar-refractivity contribution in [3.8, 4) is 0 Å². The van der Waals surface area contributed by atoms with E-state index in [0.717, 1.165) is 18.7 Å². The fraction of sp³-hybridized carbons (Fsp3) is 0.769. The van der Waals surface area contributed by atoms with E-state index >= 15 is 0 Å². The molecule has 0 saturated heterocycles. The van der Waals surface area contributed by atoms with Crippen LogP contribution in [-0.4, -0.2) is 15.8 Å². The summed E-state index contributed by atoms with van der Waals surface area (Å²) in [5.74, 6) is 0. The maximum atomic E-state index is 5.86. The molecule has 1 aromatic rings. The second kappa shape index (κ2) is 6.04. The average molecular weight is 223 g/mol. The second-order valence-corrected chi connectivity index (χ2v) is 4.76. The van der Waals surface area contributed by atoms with E-state index in [4.69, 9.17) is 5.73 Å². The summed E-state index contributed by atoms with van der Waals surface area (Å²) >= 11 is 0. The predicted octanol–water partition coefficient (Wildman–Crippen LogP) is 2.58. The van der Waals surface area contributed by atoms with Crippen LogP contribution < -0.4 is 5.73 Å². The van der Waals surface area contributed by atoms with Crippen molar-refractivity contribution in [3.63, 3.8) is 0 Å². The predicted molar refractivity (Wildman–Crippen MR) is 68.6 cm³/mol. The Balaban J connectivity index is 2.72. The van der Waals surface area contributed by atoms with E-state index in [1.54, 1.807) is 0 Å². The van der Waals surface area contributed by atoms with Gasteiger partial charge in [0.2, 0.25) is 0 Å². The summed E-state index contributed by atoms with van der Waals surface area (Å²) in [6, 6.07) is 0.214. The van der Waals surface area contributed by atoms with E-state index in [-0.39, 0.29) is 6.04 Å². The monoisotopic (exact) mass is 223 g/mol. The summed E-state index contributed by atoms with van der Waals surface area (Å²) in [7, 11) is 0. The first-order valence-corrected chi connectivity index (χ1v) is 6.34.